The second kappa shape index (κ2) is 10.2. The van der Waals surface area contributed by atoms with Crippen LogP contribution in [0.5, 0.6) is 23.0 Å². The standard InChI is InChI=1S/C29H27FN4O5/c1-29(2)25(27(35)33-17-7-5-16(30)6-8-17)26(29)28(36)34-24-10-9-18(15-32-24)39-21-11-12-31-20-14-23(38-4)22(37-3)13-19(20)21/h5-15,25-26H,1-4H3,(H,33,35)(H,32,34,36)/t25-,26+/m0/s1. The predicted octanol–water partition coefficient (Wildman–Crippen LogP) is 5.43. The Kier molecular flexibility index (Phi) is 6.78. The molecule has 10 heteroatoms. The molecule has 200 valence electrons. The highest BCUT2D eigenvalue weighted by atomic mass is 19.1. The van der Waals surface area contributed by atoms with Gasteiger partial charge in [-0.2, -0.15) is 0 Å². The first-order chi connectivity index (χ1) is 18.7. The molecule has 0 aliphatic heterocycles. The number of halogens is 1. The zero-order valence-corrected chi connectivity index (χ0v) is 21.8. The number of amides is 2. The molecule has 0 saturated heterocycles. The normalized spacial score (nSPS) is 17.3. The van der Waals surface area contributed by atoms with Crippen molar-refractivity contribution in [3.63, 3.8) is 0 Å². The fourth-order valence-corrected chi connectivity index (χ4v) is 4.75. The molecule has 2 aromatic heterocycles. The maximum atomic E-state index is 13.2. The number of methoxy groups -OCH3 is 2. The Bertz CT molecular complexity index is 1540. The maximum absolute atomic E-state index is 13.2. The number of nitrogens with zero attached hydrogens (tertiary/aromatic N) is 2. The summed E-state index contributed by atoms with van der Waals surface area (Å²) in [5.74, 6) is 0.398. The van der Waals surface area contributed by atoms with Crippen molar-refractivity contribution in [2.24, 2.45) is 17.3 Å². The van der Waals surface area contributed by atoms with E-state index in [9.17, 15) is 14.0 Å². The maximum Gasteiger partial charge on any atom is 0.230 e. The van der Waals surface area contributed by atoms with Crippen molar-refractivity contribution < 1.29 is 28.2 Å². The molecular formula is C29H27FN4O5. The summed E-state index contributed by atoms with van der Waals surface area (Å²) in [5.41, 5.74) is 0.607. The quantitative estimate of drug-likeness (QED) is 0.313. The first kappa shape index (κ1) is 25.9. The van der Waals surface area contributed by atoms with E-state index in [1.54, 1.807) is 50.7 Å². The Hall–Kier alpha value is -4.73. The Balaban J connectivity index is 1.25. The third-order valence-corrected chi connectivity index (χ3v) is 6.93. The summed E-state index contributed by atoms with van der Waals surface area (Å²) in [5, 5.41) is 6.27. The van der Waals surface area contributed by atoms with Gasteiger partial charge in [0.1, 0.15) is 23.1 Å². The Labute approximate surface area is 224 Å². The van der Waals surface area contributed by atoms with Gasteiger partial charge < -0.3 is 24.8 Å². The van der Waals surface area contributed by atoms with Crippen LogP contribution in [0.15, 0.2) is 67.0 Å². The molecule has 2 aromatic carbocycles. The van der Waals surface area contributed by atoms with E-state index >= 15 is 0 Å². The molecule has 0 unspecified atom stereocenters. The van der Waals surface area contributed by atoms with Crippen molar-refractivity contribution >= 4 is 34.2 Å². The van der Waals surface area contributed by atoms with E-state index in [0.29, 0.717) is 40.0 Å². The number of carbonyl (C=O) groups excluding carboxylic acids is 2. The monoisotopic (exact) mass is 530 g/mol. The first-order valence-corrected chi connectivity index (χ1v) is 12.2. The second-order valence-corrected chi connectivity index (χ2v) is 9.78. The number of ether oxygens (including phenoxy) is 3. The van der Waals surface area contributed by atoms with E-state index in [-0.39, 0.29) is 11.8 Å². The molecule has 1 aliphatic carbocycles. The van der Waals surface area contributed by atoms with Gasteiger partial charge in [-0.3, -0.25) is 14.6 Å². The predicted molar refractivity (Wildman–Crippen MR) is 144 cm³/mol. The van der Waals surface area contributed by atoms with E-state index in [0.717, 1.165) is 5.39 Å². The topological polar surface area (TPSA) is 112 Å². The second-order valence-electron chi connectivity index (χ2n) is 9.78. The largest absolute Gasteiger partial charge is 0.493 e. The molecule has 0 radical (unpaired) electrons. The molecule has 1 aliphatic rings. The SMILES string of the molecule is COc1cc2nccc(Oc3ccc(NC(=O)[C@H]4[C@@H](C(=O)Nc5ccc(F)cc5)C4(C)C)nc3)c2cc1OC. The molecule has 9 nitrogen and oxygen atoms in total. The van der Waals surface area contributed by atoms with Crippen LogP contribution in [0.1, 0.15) is 13.8 Å². The van der Waals surface area contributed by atoms with Crippen LogP contribution in [0, 0.1) is 23.1 Å². The molecule has 1 saturated carbocycles. The third kappa shape index (κ3) is 5.18. The zero-order valence-electron chi connectivity index (χ0n) is 21.8. The third-order valence-electron chi connectivity index (χ3n) is 6.93. The van der Waals surface area contributed by atoms with Gasteiger partial charge in [0, 0.05) is 23.3 Å². The summed E-state index contributed by atoms with van der Waals surface area (Å²) >= 11 is 0. The van der Waals surface area contributed by atoms with Crippen LogP contribution >= 0.6 is 0 Å². The summed E-state index contributed by atoms with van der Waals surface area (Å²) in [6, 6.07) is 14.1. The summed E-state index contributed by atoms with van der Waals surface area (Å²) in [6.07, 6.45) is 3.13. The molecule has 2 N–H and O–H groups in total. The van der Waals surface area contributed by atoms with Gasteiger partial charge >= 0.3 is 0 Å². The number of nitrogens with one attached hydrogen (secondary N) is 2. The summed E-state index contributed by atoms with van der Waals surface area (Å²) < 4.78 is 29.9. The molecule has 0 spiro atoms. The van der Waals surface area contributed by atoms with Crippen LogP contribution in [0.2, 0.25) is 0 Å². The fourth-order valence-electron chi connectivity index (χ4n) is 4.75. The van der Waals surface area contributed by atoms with Crippen LogP contribution in [0.25, 0.3) is 10.9 Å². The Morgan fingerprint density at radius 3 is 2.15 bits per heavy atom. The highest BCUT2D eigenvalue weighted by Crippen LogP contribution is 2.59. The van der Waals surface area contributed by atoms with Crippen LogP contribution in [0.4, 0.5) is 15.9 Å². The molecule has 0 bridgehead atoms. The molecular weight excluding hydrogens is 503 g/mol. The summed E-state index contributed by atoms with van der Waals surface area (Å²) in [7, 11) is 3.11. The van der Waals surface area contributed by atoms with Gasteiger partial charge in [0.05, 0.1) is 37.8 Å². The fraction of sp³-hybridized carbons (Fsp3) is 0.241. The minimum atomic E-state index is -0.538. The van der Waals surface area contributed by atoms with E-state index in [1.807, 2.05) is 13.8 Å². The minimum absolute atomic E-state index is 0.290. The Morgan fingerprint density at radius 1 is 0.846 bits per heavy atom. The van der Waals surface area contributed by atoms with Gasteiger partial charge in [0.15, 0.2) is 11.5 Å². The van der Waals surface area contributed by atoms with Crippen molar-refractivity contribution in [1.29, 1.82) is 0 Å². The lowest BCUT2D eigenvalue weighted by Gasteiger charge is -2.12. The van der Waals surface area contributed by atoms with Crippen molar-refractivity contribution in [2.45, 2.75) is 13.8 Å². The zero-order chi connectivity index (χ0) is 27.7. The average molecular weight is 531 g/mol. The van der Waals surface area contributed by atoms with Crippen LogP contribution < -0.4 is 24.8 Å². The van der Waals surface area contributed by atoms with Gasteiger partial charge in [0.25, 0.3) is 0 Å². The Morgan fingerprint density at radius 2 is 1.51 bits per heavy atom. The molecule has 2 amide bonds. The number of hydrogen-bond acceptors (Lipinski definition) is 7. The van der Waals surface area contributed by atoms with Gasteiger partial charge in [-0.1, -0.05) is 13.8 Å². The minimum Gasteiger partial charge on any atom is -0.493 e. The highest BCUT2D eigenvalue weighted by Gasteiger charge is 2.65. The van der Waals surface area contributed by atoms with Crippen LogP contribution in [-0.4, -0.2) is 36.0 Å². The number of pyridine rings is 2. The van der Waals surface area contributed by atoms with Crippen molar-refractivity contribution in [1.82, 2.24) is 9.97 Å². The van der Waals surface area contributed by atoms with Gasteiger partial charge in [0.2, 0.25) is 11.8 Å². The number of fused-ring (bicyclic) bond motifs is 1. The molecule has 2 atom stereocenters. The number of hydrogen-bond donors (Lipinski definition) is 2. The molecule has 39 heavy (non-hydrogen) atoms. The van der Waals surface area contributed by atoms with E-state index in [1.165, 1.54) is 30.5 Å². The number of benzene rings is 2. The number of carbonyl (C=O) groups is 2. The number of rotatable bonds is 8. The van der Waals surface area contributed by atoms with E-state index < -0.39 is 23.1 Å². The van der Waals surface area contributed by atoms with Crippen LogP contribution in [0.3, 0.4) is 0 Å². The lowest BCUT2D eigenvalue weighted by Crippen LogP contribution is -2.21. The smallest absolute Gasteiger partial charge is 0.230 e. The molecule has 5 rings (SSSR count). The molecule has 4 aromatic rings. The van der Waals surface area contributed by atoms with Gasteiger partial charge in [-0.25, -0.2) is 9.37 Å². The number of aromatic nitrogens is 2. The van der Waals surface area contributed by atoms with Crippen LogP contribution in [-0.2, 0) is 9.59 Å². The van der Waals surface area contributed by atoms with E-state index in [4.69, 9.17) is 14.2 Å². The lowest BCUT2D eigenvalue weighted by atomic mass is 10.1. The summed E-state index contributed by atoms with van der Waals surface area (Å²) in [4.78, 5) is 34.5. The van der Waals surface area contributed by atoms with E-state index in [2.05, 4.69) is 20.6 Å². The first-order valence-electron chi connectivity index (χ1n) is 12.2. The van der Waals surface area contributed by atoms with Gasteiger partial charge in [-0.15, -0.1) is 0 Å². The average Bonchev–Trinajstić information content (AvgIpc) is 3.52. The van der Waals surface area contributed by atoms with Gasteiger partial charge in [-0.05, 0) is 53.9 Å². The lowest BCUT2D eigenvalue weighted by molar-refractivity contribution is -0.122. The molecule has 2 heterocycles. The van der Waals surface area contributed by atoms with Crippen molar-refractivity contribution in [2.75, 3.05) is 24.9 Å². The summed E-state index contributed by atoms with van der Waals surface area (Å²) in [6.45, 7) is 3.72. The van der Waals surface area contributed by atoms with Crippen molar-refractivity contribution in [3.8, 4) is 23.0 Å². The van der Waals surface area contributed by atoms with Crippen molar-refractivity contribution in [3.05, 3.63) is 72.8 Å². The number of anilines is 2. The molecule has 1 fully saturated rings. The highest BCUT2D eigenvalue weighted by molar-refractivity contribution is 6.04.